The van der Waals surface area contributed by atoms with E-state index in [-0.39, 0.29) is 29.5 Å². The van der Waals surface area contributed by atoms with E-state index in [1.54, 1.807) is 47.1 Å². The molecule has 0 N–H and O–H groups in total. The molecule has 2 aromatic carbocycles. The molecule has 0 spiro atoms. The zero-order valence-electron chi connectivity index (χ0n) is 15.7. The van der Waals surface area contributed by atoms with Crippen molar-refractivity contribution in [3.8, 4) is 0 Å². The van der Waals surface area contributed by atoms with Gasteiger partial charge in [0.25, 0.3) is 5.91 Å². The summed E-state index contributed by atoms with van der Waals surface area (Å²) in [5.41, 5.74) is 1.43. The summed E-state index contributed by atoms with van der Waals surface area (Å²) in [6, 6.07) is 11.1. The maximum atomic E-state index is 13.9. The maximum Gasteiger partial charge on any atom is 0.254 e. The average Bonchev–Trinajstić information content (AvgIpc) is 3.50. The highest BCUT2D eigenvalue weighted by Gasteiger charge is 2.47. The third-order valence-electron chi connectivity index (χ3n) is 5.71. The van der Waals surface area contributed by atoms with Gasteiger partial charge in [0.1, 0.15) is 11.6 Å². The number of aryl methyl sites for hydroxylation is 1. The maximum absolute atomic E-state index is 13.9. The Hall–Kier alpha value is -2.76. The lowest BCUT2D eigenvalue weighted by molar-refractivity contribution is -0.134. The number of hydrogen-bond acceptors (Lipinski definition) is 2. The molecular formula is C22H22F2N2O2. The van der Waals surface area contributed by atoms with Crippen molar-refractivity contribution in [3.05, 3.63) is 70.8 Å². The smallest absolute Gasteiger partial charge is 0.254 e. The second-order valence-corrected chi connectivity index (χ2v) is 7.55. The largest absolute Gasteiger partial charge is 0.339 e. The van der Waals surface area contributed by atoms with Crippen LogP contribution in [0.25, 0.3) is 0 Å². The van der Waals surface area contributed by atoms with Crippen LogP contribution < -0.4 is 0 Å². The molecule has 2 atom stereocenters. The molecular weight excluding hydrogens is 362 g/mol. The minimum absolute atomic E-state index is 0.0294. The highest BCUT2D eigenvalue weighted by molar-refractivity contribution is 5.94. The highest BCUT2D eigenvalue weighted by Crippen LogP contribution is 2.49. The molecule has 2 amide bonds. The molecule has 4 nitrogen and oxygen atoms in total. The summed E-state index contributed by atoms with van der Waals surface area (Å²) >= 11 is 0. The quantitative estimate of drug-likeness (QED) is 0.814. The van der Waals surface area contributed by atoms with E-state index in [1.807, 2.05) is 0 Å². The van der Waals surface area contributed by atoms with Gasteiger partial charge in [0.05, 0.1) is 0 Å². The predicted molar refractivity (Wildman–Crippen MR) is 101 cm³/mol. The summed E-state index contributed by atoms with van der Waals surface area (Å²) in [4.78, 5) is 28.7. The van der Waals surface area contributed by atoms with Crippen LogP contribution in [0.5, 0.6) is 0 Å². The predicted octanol–water partition coefficient (Wildman–Crippen LogP) is 3.36. The van der Waals surface area contributed by atoms with E-state index in [0.717, 1.165) is 0 Å². The van der Waals surface area contributed by atoms with Crippen LogP contribution in [0.1, 0.15) is 33.8 Å². The number of hydrogen-bond donors (Lipinski definition) is 0. The van der Waals surface area contributed by atoms with Gasteiger partial charge >= 0.3 is 0 Å². The van der Waals surface area contributed by atoms with Gasteiger partial charge in [-0.2, -0.15) is 0 Å². The van der Waals surface area contributed by atoms with Gasteiger partial charge in [-0.15, -0.1) is 0 Å². The van der Waals surface area contributed by atoms with E-state index in [9.17, 15) is 18.4 Å². The van der Waals surface area contributed by atoms with E-state index >= 15 is 0 Å². The first-order valence-corrected chi connectivity index (χ1v) is 9.54. The number of piperazine rings is 1. The first-order chi connectivity index (χ1) is 13.5. The van der Waals surface area contributed by atoms with Crippen LogP contribution in [0.3, 0.4) is 0 Å². The number of benzene rings is 2. The third-order valence-corrected chi connectivity index (χ3v) is 5.71. The van der Waals surface area contributed by atoms with Crippen LogP contribution in [0, 0.1) is 24.5 Å². The summed E-state index contributed by atoms with van der Waals surface area (Å²) in [5, 5.41) is 0. The second kappa shape index (κ2) is 7.34. The van der Waals surface area contributed by atoms with Gasteiger partial charge in [-0.05, 0) is 48.6 Å². The Morgan fingerprint density at radius 2 is 1.61 bits per heavy atom. The molecule has 6 heteroatoms. The van der Waals surface area contributed by atoms with Crippen molar-refractivity contribution in [1.29, 1.82) is 0 Å². The lowest BCUT2D eigenvalue weighted by Crippen LogP contribution is -2.51. The average molecular weight is 384 g/mol. The molecule has 1 saturated carbocycles. The van der Waals surface area contributed by atoms with Crippen LogP contribution in [0.2, 0.25) is 0 Å². The molecule has 1 aliphatic carbocycles. The number of halogens is 2. The van der Waals surface area contributed by atoms with Gasteiger partial charge in [0.15, 0.2) is 0 Å². The molecule has 4 rings (SSSR count). The van der Waals surface area contributed by atoms with Crippen LogP contribution >= 0.6 is 0 Å². The molecule has 0 aromatic heterocycles. The highest BCUT2D eigenvalue weighted by atomic mass is 19.1. The summed E-state index contributed by atoms with van der Waals surface area (Å²) < 4.78 is 27.6. The summed E-state index contributed by atoms with van der Waals surface area (Å²) in [7, 11) is 0. The first-order valence-electron chi connectivity index (χ1n) is 9.54. The second-order valence-electron chi connectivity index (χ2n) is 7.55. The van der Waals surface area contributed by atoms with Crippen LogP contribution in [0.15, 0.2) is 42.5 Å². The Morgan fingerprint density at radius 3 is 2.29 bits per heavy atom. The molecule has 28 heavy (non-hydrogen) atoms. The summed E-state index contributed by atoms with van der Waals surface area (Å²) in [6.45, 7) is 3.37. The molecule has 1 saturated heterocycles. The zero-order chi connectivity index (χ0) is 19.8. The minimum atomic E-state index is -0.396. The Kier molecular flexibility index (Phi) is 4.87. The Labute approximate surface area is 162 Å². The molecule has 146 valence electrons. The van der Waals surface area contributed by atoms with Crippen molar-refractivity contribution >= 4 is 11.8 Å². The Morgan fingerprint density at radius 1 is 0.929 bits per heavy atom. The molecule has 2 aromatic rings. The fourth-order valence-electron chi connectivity index (χ4n) is 3.86. The molecule has 0 bridgehead atoms. The summed E-state index contributed by atoms with van der Waals surface area (Å²) in [5.74, 6) is -1.08. The van der Waals surface area contributed by atoms with Gasteiger partial charge in [-0.25, -0.2) is 8.78 Å². The topological polar surface area (TPSA) is 40.6 Å². The van der Waals surface area contributed by atoms with Crippen molar-refractivity contribution in [1.82, 2.24) is 9.80 Å². The molecule has 2 fully saturated rings. The van der Waals surface area contributed by atoms with Gasteiger partial charge < -0.3 is 9.80 Å². The lowest BCUT2D eigenvalue weighted by Gasteiger charge is -2.35. The zero-order valence-corrected chi connectivity index (χ0v) is 15.7. The first kappa shape index (κ1) is 18.6. The van der Waals surface area contributed by atoms with Gasteiger partial charge in [-0.3, -0.25) is 9.59 Å². The molecule has 1 aliphatic heterocycles. The van der Waals surface area contributed by atoms with Crippen molar-refractivity contribution < 1.29 is 18.4 Å². The number of rotatable bonds is 3. The molecule has 0 radical (unpaired) electrons. The van der Waals surface area contributed by atoms with Crippen molar-refractivity contribution in [2.45, 2.75) is 19.3 Å². The van der Waals surface area contributed by atoms with Crippen molar-refractivity contribution in [2.24, 2.45) is 5.92 Å². The third kappa shape index (κ3) is 3.51. The van der Waals surface area contributed by atoms with Gasteiger partial charge in [0.2, 0.25) is 5.91 Å². The number of carbonyl (C=O) groups is 2. The van der Waals surface area contributed by atoms with Crippen LogP contribution in [0.4, 0.5) is 8.78 Å². The SMILES string of the molecule is Cc1ccc(C(=O)N2CCN(C(=O)C3CC3c3ccccc3F)CC2)cc1F. The van der Waals surface area contributed by atoms with E-state index in [1.165, 1.54) is 12.1 Å². The van der Waals surface area contributed by atoms with Crippen LogP contribution in [-0.2, 0) is 4.79 Å². The standard InChI is InChI=1S/C22H22F2N2O2/c1-14-6-7-15(12-20(14)24)21(27)25-8-10-26(11-9-25)22(28)18-13-17(18)16-4-2-3-5-19(16)23/h2-7,12,17-18H,8-11,13H2,1H3. The Bertz CT molecular complexity index is 923. The number of carbonyl (C=O) groups excluding carboxylic acids is 2. The van der Waals surface area contributed by atoms with Gasteiger partial charge in [0, 0.05) is 37.7 Å². The fourth-order valence-corrected chi connectivity index (χ4v) is 3.86. The van der Waals surface area contributed by atoms with Crippen LogP contribution in [-0.4, -0.2) is 47.8 Å². The van der Waals surface area contributed by atoms with E-state index in [0.29, 0.717) is 49.3 Å². The fraction of sp³-hybridized carbons (Fsp3) is 0.364. The van der Waals surface area contributed by atoms with Gasteiger partial charge in [-0.1, -0.05) is 24.3 Å². The van der Waals surface area contributed by atoms with Crippen molar-refractivity contribution in [3.63, 3.8) is 0 Å². The van der Waals surface area contributed by atoms with E-state index in [4.69, 9.17) is 0 Å². The number of nitrogens with zero attached hydrogens (tertiary/aromatic N) is 2. The monoisotopic (exact) mass is 384 g/mol. The lowest BCUT2D eigenvalue weighted by atomic mass is 10.1. The van der Waals surface area contributed by atoms with E-state index < -0.39 is 5.82 Å². The van der Waals surface area contributed by atoms with Crippen molar-refractivity contribution in [2.75, 3.05) is 26.2 Å². The minimum Gasteiger partial charge on any atom is -0.339 e. The summed E-state index contributed by atoms with van der Waals surface area (Å²) in [6.07, 6.45) is 0.668. The van der Waals surface area contributed by atoms with E-state index in [2.05, 4.69) is 0 Å². The molecule has 1 heterocycles. The Balaban J connectivity index is 1.34. The molecule has 2 aliphatic rings. The molecule has 2 unspecified atom stereocenters. The number of amides is 2. The normalized spacial score (nSPS) is 21.5.